The number of methoxy groups -OCH3 is 2. The van der Waals surface area contributed by atoms with E-state index in [0.29, 0.717) is 11.3 Å². The molecule has 1 heterocycles. The number of pyridine rings is 1. The average Bonchev–Trinajstić information content (AvgIpc) is 3.47. The van der Waals surface area contributed by atoms with Crippen LogP contribution in [0.25, 0.3) is 10.9 Å². The van der Waals surface area contributed by atoms with Gasteiger partial charge in [0.25, 0.3) is 5.91 Å². The quantitative estimate of drug-likeness (QED) is 0.722. The Morgan fingerprint density at radius 2 is 1.75 bits per heavy atom. The molecule has 5 nitrogen and oxygen atoms in total. The van der Waals surface area contributed by atoms with Gasteiger partial charge in [-0.15, -0.1) is 0 Å². The average molecular weight is 376 g/mol. The topological polar surface area (TPSA) is 60.5 Å². The van der Waals surface area contributed by atoms with Gasteiger partial charge < -0.3 is 14.8 Å². The number of ether oxygens (including phenoxy) is 2. The molecule has 4 rings (SSSR count). The number of aromatic nitrogens is 1. The summed E-state index contributed by atoms with van der Waals surface area (Å²) in [4.78, 5) is 17.7. The van der Waals surface area contributed by atoms with Gasteiger partial charge in [-0.3, -0.25) is 9.78 Å². The van der Waals surface area contributed by atoms with Gasteiger partial charge in [-0.1, -0.05) is 12.1 Å². The maximum Gasteiger partial charge on any atom is 0.252 e. The molecule has 5 heteroatoms. The molecule has 144 valence electrons. The van der Waals surface area contributed by atoms with Crippen molar-refractivity contribution >= 4 is 16.8 Å². The molecule has 2 aromatic carbocycles. The van der Waals surface area contributed by atoms with E-state index in [-0.39, 0.29) is 5.91 Å². The Morgan fingerprint density at radius 3 is 2.43 bits per heavy atom. The first kappa shape index (κ1) is 18.3. The van der Waals surface area contributed by atoms with E-state index in [1.807, 2.05) is 44.2 Å². The first-order chi connectivity index (χ1) is 13.5. The first-order valence-corrected chi connectivity index (χ1v) is 9.39. The molecular weight excluding hydrogens is 352 g/mol. The van der Waals surface area contributed by atoms with Crippen molar-refractivity contribution in [1.82, 2.24) is 10.3 Å². The Kier molecular flexibility index (Phi) is 4.46. The third kappa shape index (κ3) is 3.17. The van der Waals surface area contributed by atoms with Gasteiger partial charge in [0.1, 0.15) is 11.5 Å². The lowest BCUT2D eigenvalue weighted by Gasteiger charge is -2.21. The second kappa shape index (κ2) is 6.82. The van der Waals surface area contributed by atoms with Gasteiger partial charge in [0.2, 0.25) is 0 Å². The van der Waals surface area contributed by atoms with E-state index >= 15 is 0 Å². The van der Waals surface area contributed by atoms with Crippen LogP contribution in [0.3, 0.4) is 0 Å². The molecule has 1 fully saturated rings. The third-order valence-electron chi connectivity index (χ3n) is 5.46. The zero-order valence-electron chi connectivity index (χ0n) is 16.6. The molecule has 0 saturated heterocycles. The Hall–Kier alpha value is -3.08. The summed E-state index contributed by atoms with van der Waals surface area (Å²) in [6, 6.07) is 13.6. The highest BCUT2D eigenvalue weighted by Crippen LogP contribution is 2.49. The normalized spacial score (nSPS) is 14.6. The van der Waals surface area contributed by atoms with Gasteiger partial charge in [-0.2, -0.15) is 0 Å². The summed E-state index contributed by atoms with van der Waals surface area (Å²) in [7, 11) is 3.25. The lowest BCUT2D eigenvalue weighted by molar-refractivity contribution is 0.0930. The summed E-state index contributed by atoms with van der Waals surface area (Å²) in [6.07, 6.45) is 1.77. The van der Waals surface area contributed by atoms with Crippen LogP contribution in [0, 0.1) is 13.8 Å². The number of nitrogens with zero attached hydrogens (tertiary/aromatic N) is 1. The SMILES string of the molecule is COc1ccc(C)c(C(=O)NC2(c3cc(OC)cc4nc(C)ccc34)CC2)c1. The van der Waals surface area contributed by atoms with Crippen LogP contribution in [-0.4, -0.2) is 25.1 Å². The zero-order valence-corrected chi connectivity index (χ0v) is 16.6. The number of hydrogen-bond donors (Lipinski definition) is 1. The van der Waals surface area contributed by atoms with Gasteiger partial charge in [0.05, 0.1) is 25.3 Å². The highest BCUT2D eigenvalue weighted by atomic mass is 16.5. The molecular formula is C23H24N2O3. The highest BCUT2D eigenvalue weighted by molar-refractivity contribution is 5.97. The van der Waals surface area contributed by atoms with Crippen molar-refractivity contribution in [2.24, 2.45) is 0 Å². The number of nitrogens with one attached hydrogen (secondary N) is 1. The van der Waals surface area contributed by atoms with Crippen molar-refractivity contribution in [3.8, 4) is 11.5 Å². The fourth-order valence-corrected chi connectivity index (χ4v) is 3.67. The van der Waals surface area contributed by atoms with Gasteiger partial charge in [-0.25, -0.2) is 0 Å². The minimum atomic E-state index is -0.393. The van der Waals surface area contributed by atoms with Crippen LogP contribution in [0.5, 0.6) is 11.5 Å². The lowest BCUT2D eigenvalue weighted by atomic mass is 9.97. The number of hydrogen-bond acceptors (Lipinski definition) is 4. The van der Waals surface area contributed by atoms with E-state index in [0.717, 1.165) is 46.3 Å². The van der Waals surface area contributed by atoms with Crippen molar-refractivity contribution in [3.63, 3.8) is 0 Å². The minimum absolute atomic E-state index is 0.0926. The van der Waals surface area contributed by atoms with Crippen LogP contribution in [0.15, 0.2) is 42.5 Å². The van der Waals surface area contributed by atoms with E-state index in [2.05, 4.69) is 16.4 Å². The zero-order chi connectivity index (χ0) is 19.9. The van der Waals surface area contributed by atoms with Crippen LogP contribution in [0.1, 0.15) is 40.0 Å². The smallest absolute Gasteiger partial charge is 0.252 e. The molecule has 1 aromatic heterocycles. The number of benzene rings is 2. The molecule has 0 atom stereocenters. The van der Waals surface area contributed by atoms with Crippen molar-refractivity contribution in [2.45, 2.75) is 32.2 Å². The standard InChI is InChI=1S/C23H24N2O3/c1-14-5-7-16(27-3)11-19(14)22(26)25-23(9-10-23)20-12-17(28-4)13-21-18(20)8-6-15(2)24-21/h5-8,11-13H,9-10H2,1-4H3,(H,25,26). The maximum atomic E-state index is 13.1. The van der Waals surface area contributed by atoms with Crippen molar-refractivity contribution in [2.75, 3.05) is 14.2 Å². The van der Waals surface area contributed by atoms with Crippen LogP contribution in [0.4, 0.5) is 0 Å². The number of carbonyl (C=O) groups is 1. The van der Waals surface area contributed by atoms with Crippen molar-refractivity contribution < 1.29 is 14.3 Å². The lowest BCUT2D eigenvalue weighted by Crippen LogP contribution is -2.35. The molecule has 0 spiro atoms. The van der Waals surface area contributed by atoms with E-state index in [9.17, 15) is 4.79 Å². The van der Waals surface area contributed by atoms with E-state index in [1.165, 1.54) is 0 Å². The Morgan fingerprint density at radius 1 is 1.00 bits per heavy atom. The van der Waals surface area contributed by atoms with Crippen molar-refractivity contribution in [3.05, 3.63) is 64.8 Å². The van der Waals surface area contributed by atoms with Crippen molar-refractivity contribution in [1.29, 1.82) is 0 Å². The number of rotatable bonds is 5. The Balaban J connectivity index is 1.75. The van der Waals surface area contributed by atoms with Gasteiger partial charge in [0, 0.05) is 22.7 Å². The summed E-state index contributed by atoms with van der Waals surface area (Å²) in [6.45, 7) is 3.90. The van der Waals surface area contributed by atoms with Crippen LogP contribution in [-0.2, 0) is 5.54 Å². The summed E-state index contributed by atoms with van der Waals surface area (Å²) >= 11 is 0. The second-order valence-corrected chi connectivity index (χ2v) is 7.41. The fraction of sp³-hybridized carbons (Fsp3) is 0.304. The molecule has 1 N–H and O–H groups in total. The Bertz CT molecular complexity index is 1070. The first-order valence-electron chi connectivity index (χ1n) is 9.39. The molecule has 0 radical (unpaired) electrons. The summed E-state index contributed by atoms with van der Waals surface area (Å²) in [5.74, 6) is 1.33. The van der Waals surface area contributed by atoms with Crippen LogP contribution < -0.4 is 14.8 Å². The third-order valence-corrected chi connectivity index (χ3v) is 5.46. The molecule has 1 saturated carbocycles. The molecule has 0 aliphatic heterocycles. The number of carbonyl (C=O) groups excluding carboxylic acids is 1. The molecule has 0 bridgehead atoms. The molecule has 1 amide bonds. The summed E-state index contributed by atoms with van der Waals surface area (Å²) in [5, 5.41) is 4.32. The van der Waals surface area contributed by atoms with Crippen LogP contribution in [0.2, 0.25) is 0 Å². The minimum Gasteiger partial charge on any atom is -0.497 e. The summed E-state index contributed by atoms with van der Waals surface area (Å²) < 4.78 is 10.8. The second-order valence-electron chi connectivity index (χ2n) is 7.41. The monoisotopic (exact) mass is 376 g/mol. The Labute approximate surface area is 164 Å². The molecule has 1 aliphatic rings. The largest absolute Gasteiger partial charge is 0.497 e. The fourth-order valence-electron chi connectivity index (χ4n) is 3.67. The van der Waals surface area contributed by atoms with E-state index in [4.69, 9.17) is 9.47 Å². The molecule has 3 aromatic rings. The number of aryl methyl sites for hydroxylation is 2. The number of amides is 1. The molecule has 28 heavy (non-hydrogen) atoms. The molecule has 1 aliphatic carbocycles. The van der Waals surface area contributed by atoms with E-state index in [1.54, 1.807) is 20.3 Å². The highest BCUT2D eigenvalue weighted by Gasteiger charge is 2.47. The van der Waals surface area contributed by atoms with Crippen LogP contribution >= 0.6 is 0 Å². The maximum absolute atomic E-state index is 13.1. The van der Waals surface area contributed by atoms with Gasteiger partial charge in [0.15, 0.2) is 0 Å². The molecule has 0 unspecified atom stereocenters. The van der Waals surface area contributed by atoms with Gasteiger partial charge >= 0.3 is 0 Å². The summed E-state index contributed by atoms with van der Waals surface area (Å²) in [5.41, 5.74) is 4.05. The van der Waals surface area contributed by atoms with Gasteiger partial charge in [-0.05, 0) is 62.1 Å². The predicted molar refractivity (Wildman–Crippen MR) is 109 cm³/mol. The predicted octanol–water partition coefficient (Wildman–Crippen LogP) is 4.29. The number of fused-ring (bicyclic) bond motifs is 1. The van der Waals surface area contributed by atoms with E-state index < -0.39 is 5.54 Å².